The third-order valence-corrected chi connectivity index (χ3v) is 5.30. The lowest BCUT2D eigenvalue weighted by atomic mass is 10.1. The molecule has 84 valence electrons. The number of alkyl halides is 1. The van der Waals surface area contributed by atoms with Crippen molar-refractivity contribution in [1.82, 2.24) is 0 Å². The Balaban J connectivity index is 2.45. The van der Waals surface area contributed by atoms with Crippen molar-refractivity contribution in [3.05, 3.63) is 56.2 Å². The summed E-state index contributed by atoms with van der Waals surface area (Å²) in [4.78, 5) is 0.585. The van der Waals surface area contributed by atoms with Crippen LogP contribution in [0.15, 0.2) is 34.1 Å². The molecule has 1 aromatic carbocycles. The number of hydrogen-bond donors (Lipinski definition) is 0. The van der Waals surface area contributed by atoms with Crippen molar-refractivity contribution in [3.8, 4) is 0 Å². The van der Waals surface area contributed by atoms with Crippen LogP contribution in [-0.4, -0.2) is 0 Å². The van der Waals surface area contributed by atoms with Crippen LogP contribution in [-0.2, 0) is 0 Å². The molecule has 0 saturated carbocycles. The van der Waals surface area contributed by atoms with Crippen LogP contribution >= 0.6 is 43.2 Å². The second-order valence-corrected chi connectivity index (χ2v) is 5.88. The second-order valence-electron chi connectivity index (χ2n) is 3.16. The van der Waals surface area contributed by atoms with Crippen LogP contribution in [0.2, 0.25) is 0 Å². The maximum absolute atomic E-state index is 13.5. The van der Waals surface area contributed by atoms with Gasteiger partial charge in [0.25, 0.3) is 0 Å². The summed E-state index contributed by atoms with van der Waals surface area (Å²) < 4.78 is 27.5. The minimum Gasteiger partial charge on any atom is -0.207 e. The first-order valence-electron chi connectivity index (χ1n) is 4.41. The molecule has 0 aliphatic rings. The summed E-state index contributed by atoms with van der Waals surface area (Å²) in [5.41, 5.74) is 0.308. The van der Waals surface area contributed by atoms with Gasteiger partial charge in [0.05, 0.1) is 4.83 Å². The fraction of sp³-hybridized carbons (Fsp3) is 0.0909. The van der Waals surface area contributed by atoms with Gasteiger partial charge in [0.2, 0.25) is 0 Å². The molecule has 1 unspecified atom stereocenters. The smallest absolute Gasteiger partial charge is 0.128 e. The molecule has 0 N–H and O–H groups in total. The van der Waals surface area contributed by atoms with E-state index in [2.05, 4.69) is 31.9 Å². The molecule has 0 amide bonds. The Bertz CT molecular complexity index is 510. The molecule has 0 spiro atoms. The Morgan fingerprint density at radius 2 is 1.94 bits per heavy atom. The maximum Gasteiger partial charge on any atom is 0.128 e. The Morgan fingerprint density at radius 1 is 1.19 bits per heavy atom. The average molecular weight is 368 g/mol. The minimum absolute atomic E-state index is 0.308. The number of rotatable bonds is 2. The largest absolute Gasteiger partial charge is 0.207 e. The van der Waals surface area contributed by atoms with Gasteiger partial charge in [0.15, 0.2) is 0 Å². The molecule has 0 aliphatic heterocycles. The van der Waals surface area contributed by atoms with Crippen molar-refractivity contribution in [2.24, 2.45) is 0 Å². The minimum atomic E-state index is -0.437. The van der Waals surface area contributed by atoms with Crippen molar-refractivity contribution >= 4 is 43.2 Å². The molecule has 0 bridgehead atoms. The molecule has 2 aromatic rings. The molecule has 1 aromatic heterocycles. The van der Waals surface area contributed by atoms with Gasteiger partial charge in [0.1, 0.15) is 11.6 Å². The number of benzene rings is 1. The quantitative estimate of drug-likeness (QED) is 0.634. The van der Waals surface area contributed by atoms with Gasteiger partial charge >= 0.3 is 0 Å². The molecular weight excluding hydrogens is 362 g/mol. The second kappa shape index (κ2) is 4.94. The highest BCUT2D eigenvalue weighted by Gasteiger charge is 2.19. The van der Waals surface area contributed by atoms with E-state index in [1.54, 1.807) is 0 Å². The summed E-state index contributed by atoms with van der Waals surface area (Å²) in [6.07, 6.45) is 0. The zero-order valence-electron chi connectivity index (χ0n) is 7.88. The summed E-state index contributed by atoms with van der Waals surface area (Å²) in [6.45, 7) is 0. The van der Waals surface area contributed by atoms with Crippen LogP contribution in [0.3, 0.4) is 0 Å². The first-order valence-corrected chi connectivity index (χ1v) is 7.00. The van der Waals surface area contributed by atoms with Crippen molar-refractivity contribution in [1.29, 1.82) is 0 Å². The summed E-state index contributed by atoms with van der Waals surface area (Å²) >= 11 is 8.24. The summed E-state index contributed by atoms with van der Waals surface area (Å²) in [6, 6.07) is 5.34. The van der Waals surface area contributed by atoms with Crippen molar-refractivity contribution in [2.75, 3.05) is 0 Å². The molecule has 0 fully saturated rings. The number of halogens is 4. The third-order valence-electron chi connectivity index (χ3n) is 2.11. The van der Waals surface area contributed by atoms with Crippen LogP contribution in [0.5, 0.6) is 0 Å². The Kier molecular flexibility index (Phi) is 3.77. The standard InChI is InChI=1S/C11H6Br2F2S/c12-8-3-4-16-11(8)10(13)7-5-6(14)1-2-9(7)15/h1-5,10H. The van der Waals surface area contributed by atoms with Gasteiger partial charge in [0, 0.05) is 14.9 Å². The van der Waals surface area contributed by atoms with Crippen LogP contribution in [0.1, 0.15) is 15.3 Å². The lowest BCUT2D eigenvalue weighted by Crippen LogP contribution is -1.96. The van der Waals surface area contributed by atoms with E-state index < -0.39 is 11.6 Å². The predicted octanol–water partition coefficient (Wildman–Crippen LogP) is 5.27. The number of hydrogen-bond acceptors (Lipinski definition) is 1. The Hall–Kier alpha value is -0.260. The van der Waals surface area contributed by atoms with Gasteiger partial charge < -0.3 is 0 Å². The molecule has 1 heterocycles. The topological polar surface area (TPSA) is 0 Å². The highest BCUT2D eigenvalue weighted by atomic mass is 79.9. The SMILES string of the molecule is Fc1ccc(F)c(C(Br)c2sccc2Br)c1. The molecule has 0 aliphatic carbocycles. The van der Waals surface area contributed by atoms with Gasteiger partial charge in [-0.1, -0.05) is 15.9 Å². The third kappa shape index (κ3) is 2.36. The molecule has 16 heavy (non-hydrogen) atoms. The molecule has 2 rings (SSSR count). The van der Waals surface area contributed by atoms with Crippen LogP contribution < -0.4 is 0 Å². The van der Waals surface area contributed by atoms with Crippen LogP contribution in [0.25, 0.3) is 0 Å². The average Bonchev–Trinajstić information content (AvgIpc) is 2.67. The van der Waals surface area contributed by atoms with Gasteiger partial charge in [-0.3, -0.25) is 0 Å². The zero-order chi connectivity index (χ0) is 11.7. The van der Waals surface area contributed by atoms with E-state index in [-0.39, 0.29) is 4.83 Å². The van der Waals surface area contributed by atoms with E-state index in [1.807, 2.05) is 11.4 Å². The predicted molar refractivity (Wildman–Crippen MR) is 69.1 cm³/mol. The van der Waals surface area contributed by atoms with Crippen molar-refractivity contribution in [2.45, 2.75) is 4.83 Å². The van der Waals surface area contributed by atoms with Gasteiger partial charge in [-0.15, -0.1) is 11.3 Å². The molecule has 0 nitrogen and oxygen atoms in total. The van der Waals surface area contributed by atoms with Crippen LogP contribution in [0.4, 0.5) is 8.78 Å². The zero-order valence-corrected chi connectivity index (χ0v) is 11.9. The monoisotopic (exact) mass is 366 g/mol. The Labute approximate surface area is 113 Å². The van der Waals surface area contributed by atoms with Crippen molar-refractivity contribution < 1.29 is 8.78 Å². The first-order chi connectivity index (χ1) is 7.59. The van der Waals surface area contributed by atoms with E-state index in [0.29, 0.717) is 5.56 Å². The van der Waals surface area contributed by atoms with E-state index in [1.165, 1.54) is 17.4 Å². The molecule has 5 heteroatoms. The fourth-order valence-corrected chi connectivity index (χ4v) is 4.16. The van der Waals surface area contributed by atoms with E-state index in [0.717, 1.165) is 21.5 Å². The highest BCUT2D eigenvalue weighted by molar-refractivity contribution is 9.11. The molecule has 0 saturated heterocycles. The fourth-order valence-electron chi connectivity index (χ4n) is 1.34. The van der Waals surface area contributed by atoms with E-state index in [9.17, 15) is 8.78 Å². The molecule has 0 radical (unpaired) electrons. The van der Waals surface area contributed by atoms with Gasteiger partial charge in [-0.2, -0.15) is 0 Å². The molecular formula is C11H6Br2F2S. The highest BCUT2D eigenvalue weighted by Crippen LogP contribution is 2.39. The van der Waals surface area contributed by atoms with Gasteiger partial charge in [-0.05, 0) is 45.6 Å². The summed E-state index contributed by atoms with van der Waals surface area (Å²) in [5.74, 6) is -0.850. The van der Waals surface area contributed by atoms with E-state index >= 15 is 0 Å². The van der Waals surface area contributed by atoms with Crippen molar-refractivity contribution in [3.63, 3.8) is 0 Å². The van der Waals surface area contributed by atoms with Gasteiger partial charge in [-0.25, -0.2) is 8.78 Å². The van der Waals surface area contributed by atoms with Crippen LogP contribution in [0, 0.1) is 11.6 Å². The first kappa shape index (κ1) is 12.2. The molecule has 1 atom stereocenters. The maximum atomic E-state index is 13.5. The number of thiophene rings is 1. The Morgan fingerprint density at radius 3 is 2.56 bits per heavy atom. The summed E-state index contributed by atoms with van der Waals surface area (Å²) in [7, 11) is 0. The normalized spacial score (nSPS) is 12.8. The lowest BCUT2D eigenvalue weighted by molar-refractivity contribution is 0.588. The lowest BCUT2D eigenvalue weighted by Gasteiger charge is -2.10. The van der Waals surface area contributed by atoms with E-state index in [4.69, 9.17) is 0 Å². The summed E-state index contributed by atoms with van der Waals surface area (Å²) in [5, 5.41) is 1.89.